The summed E-state index contributed by atoms with van der Waals surface area (Å²) >= 11 is 1.56. The van der Waals surface area contributed by atoms with Crippen molar-refractivity contribution in [3.05, 3.63) is 24.3 Å². The van der Waals surface area contributed by atoms with E-state index in [1.165, 1.54) is 35.6 Å². The number of nitrogens with zero attached hydrogens (tertiary/aromatic N) is 3. The molecular weight excluding hydrogens is 394 g/mol. The maximum Gasteiger partial charge on any atom is 0.269 e. The van der Waals surface area contributed by atoms with Crippen LogP contribution in [0.4, 0.5) is 5.82 Å². The molecule has 5 rings (SSSR count). The van der Waals surface area contributed by atoms with Crippen molar-refractivity contribution >= 4 is 37.6 Å². The van der Waals surface area contributed by atoms with Crippen LogP contribution in [0.25, 0.3) is 10.1 Å². The van der Waals surface area contributed by atoms with Gasteiger partial charge in [0.25, 0.3) is 10.1 Å². The quantitative estimate of drug-likeness (QED) is 0.562. The van der Waals surface area contributed by atoms with Crippen molar-refractivity contribution in [1.82, 2.24) is 4.37 Å². The molecule has 2 saturated heterocycles. The van der Waals surface area contributed by atoms with Gasteiger partial charge in [0.2, 0.25) is 6.23 Å². The van der Waals surface area contributed by atoms with Crippen LogP contribution in [-0.2, 0) is 14.3 Å². The molecule has 0 bridgehead atoms. The Morgan fingerprint density at radius 3 is 2.71 bits per heavy atom. The lowest BCUT2D eigenvalue weighted by Crippen LogP contribution is -2.63. The highest BCUT2D eigenvalue weighted by Gasteiger charge is 2.57. The third-order valence-corrected chi connectivity index (χ3v) is 8.40. The Labute approximate surface area is 171 Å². The van der Waals surface area contributed by atoms with E-state index in [1.54, 1.807) is 11.5 Å². The number of piperazine rings is 1. The van der Waals surface area contributed by atoms with E-state index in [1.807, 2.05) is 0 Å². The van der Waals surface area contributed by atoms with E-state index in [0.717, 1.165) is 49.4 Å². The van der Waals surface area contributed by atoms with Gasteiger partial charge in [0, 0.05) is 17.2 Å². The number of aromatic nitrogens is 1. The molecule has 1 saturated carbocycles. The SMILES string of the molecule is CS(=O)(=O)OC1[C@@H]2CCCC[C@H]2C[N+]12CCN(c1nsc3ccccc13)CC2. The van der Waals surface area contributed by atoms with Crippen LogP contribution in [0, 0.1) is 11.8 Å². The lowest BCUT2D eigenvalue weighted by molar-refractivity contribution is -0.959. The van der Waals surface area contributed by atoms with Gasteiger partial charge in [-0.25, -0.2) is 4.18 Å². The van der Waals surface area contributed by atoms with Crippen LogP contribution < -0.4 is 4.90 Å². The summed E-state index contributed by atoms with van der Waals surface area (Å²) in [6.07, 6.45) is 5.79. The van der Waals surface area contributed by atoms with Gasteiger partial charge in [0.1, 0.15) is 0 Å². The van der Waals surface area contributed by atoms with E-state index in [2.05, 4.69) is 29.2 Å². The molecule has 3 fully saturated rings. The number of anilines is 1. The van der Waals surface area contributed by atoms with Crippen molar-refractivity contribution in [1.29, 1.82) is 0 Å². The van der Waals surface area contributed by atoms with E-state index < -0.39 is 10.1 Å². The van der Waals surface area contributed by atoms with Crippen molar-refractivity contribution < 1.29 is 17.1 Å². The second-order valence-electron chi connectivity index (χ2n) is 8.74. The zero-order valence-electron chi connectivity index (χ0n) is 16.3. The maximum atomic E-state index is 12.0. The largest absolute Gasteiger partial charge is 0.344 e. The summed E-state index contributed by atoms with van der Waals surface area (Å²) in [5.41, 5.74) is 0. The smallest absolute Gasteiger partial charge is 0.269 e. The molecule has 152 valence electrons. The Kier molecular flexibility index (Phi) is 4.65. The Hall–Kier alpha value is -1.22. The fraction of sp³-hybridized carbons (Fsp3) is 0.650. The number of rotatable bonds is 3. The zero-order chi connectivity index (χ0) is 19.4. The van der Waals surface area contributed by atoms with Crippen LogP contribution in [0.2, 0.25) is 0 Å². The van der Waals surface area contributed by atoms with Gasteiger partial charge < -0.3 is 4.90 Å². The molecule has 2 aliphatic heterocycles. The average molecular weight is 423 g/mol. The molecule has 1 aliphatic carbocycles. The van der Waals surface area contributed by atoms with Gasteiger partial charge in [-0.15, -0.1) is 0 Å². The summed E-state index contributed by atoms with van der Waals surface area (Å²) in [5, 5.41) is 1.22. The molecule has 1 spiro atoms. The van der Waals surface area contributed by atoms with E-state index in [-0.39, 0.29) is 6.23 Å². The minimum Gasteiger partial charge on any atom is -0.344 e. The fourth-order valence-electron chi connectivity index (χ4n) is 5.77. The number of benzene rings is 1. The van der Waals surface area contributed by atoms with Crippen LogP contribution in [0.5, 0.6) is 0 Å². The third kappa shape index (κ3) is 3.24. The Morgan fingerprint density at radius 2 is 1.93 bits per heavy atom. The highest BCUT2D eigenvalue weighted by Crippen LogP contribution is 2.46. The monoisotopic (exact) mass is 422 g/mol. The molecule has 1 aromatic carbocycles. The summed E-state index contributed by atoms with van der Waals surface area (Å²) in [6, 6.07) is 8.39. The van der Waals surface area contributed by atoms with Gasteiger partial charge in [-0.2, -0.15) is 12.8 Å². The van der Waals surface area contributed by atoms with E-state index in [9.17, 15) is 8.42 Å². The highest BCUT2D eigenvalue weighted by atomic mass is 32.2. The van der Waals surface area contributed by atoms with Crippen LogP contribution in [0.3, 0.4) is 0 Å². The van der Waals surface area contributed by atoms with Crippen LogP contribution in [0.15, 0.2) is 24.3 Å². The molecule has 0 N–H and O–H groups in total. The van der Waals surface area contributed by atoms with Gasteiger partial charge in [-0.3, -0.25) is 4.48 Å². The second-order valence-corrected chi connectivity index (χ2v) is 11.1. The molecule has 0 radical (unpaired) electrons. The number of fused-ring (bicyclic) bond motifs is 2. The Morgan fingerprint density at radius 1 is 1.18 bits per heavy atom. The maximum absolute atomic E-state index is 12.0. The first-order valence-electron chi connectivity index (χ1n) is 10.3. The average Bonchev–Trinajstić information content (AvgIpc) is 3.22. The molecule has 3 aliphatic rings. The predicted octanol–water partition coefficient (Wildman–Crippen LogP) is 3.06. The number of hydrogen-bond acceptors (Lipinski definition) is 6. The van der Waals surface area contributed by atoms with Gasteiger partial charge in [-0.1, -0.05) is 25.0 Å². The lowest BCUT2D eigenvalue weighted by atomic mass is 9.81. The summed E-state index contributed by atoms with van der Waals surface area (Å²) in [4.78, 5) is 2.38. The molecule has 1 unspecified atom stereocenters. The van der Waals surface area contributed by atoms with Gasteiger partial charge in [0.15, 0.2) is 5.82 Å². The van der Waals surface area contributed by atoms with Crippen molar-refractivity contribution in [2.24, 2.45) is 11.8 Å². The van der Waals surface area contributed by atoms with Crippen molar-refractivity contribution in [3.8, 4) is 0 Å². The van der Waals surface area contributed by atoms with E-state index in [4.69, 9.17) is 8.56 Å². The standard InChI is InChI=1S/C20H28N3O3S2/c1-28(24,25)26-20-16-7-3-2-6-15(16)14-23(20)12-10-22(11-13-23)19-17-8-4-5-9-18(17)27-21-19/h4-5,8-9,15-16,20H,2-3,6-7,10-14H2,1H3/q+1/t15-,16+,20?/m0/s1. The highest BCUT2D eigenvalue weighted by molar-refractivity contribution is 7.86. The topological polar surface area (TPSA) is 59.5 Å². The molecule has 28 heavy (non-hydrogen) atoms. The predicted molar refractivity (Wildman–Crippen MR) is 112 cm³/mol. The van der Waals surface area contributed by atoms with E-state index in [0.29, 0.717) is 11.8 Å². The number of quaternary nitrogens is 1. The first-order valence-corrected chi connectivity index (χ1v) is 12.9. The van der Waals surface area contributed by atoms with Crippen LogP contribution >= 0.6 is 11.5 Å². The fourth-order valence-corrected chi connectivity index (χ4v) is 7.25. The molecular formula is C20H28N3O3S2+. The molecule has 3 atom stereocenters. The minimum absolute atomic E-state index is 0.199. The third-order valence-electron chi connectivity index (χ3n) is 7.03. The second kappa shape index (κ2) is 6.93. The first kappa shape index (κ1) is 18.8. The minimum atomic E-state index is -3.46. The van der Waals surface area contributed by atoms with E-state index >= 15 is 0 Å². The van der Waals surface area contributed by atoms with Gasteiger partial charge >= 0.3 is 0 Å². The summed E-state index contributed by atoms with van der Waals surface area (Å²) in [5.74, 6) is 2.07. The molecule has 8 heteroatoms. The molecule has 1 aromatic heterocycles. The van der Waals surface area contributed by atoms with Crippen molar-refractivity contribution in [3.63, 3.8) is 0 Å². The van der Waals surface area contributed by atoms with Crippen molar-refractivity contribution in [2.45, 2.75) is 31.9 Å². The zero-order valence-corrected chi connectivity index (χ0v) is 17.9. The molecule has 0 amide bonds. The van der Waals surface area contributed by atoms with Crippen LogP contribution in [-0.4, -0.2) is 62.5 Å². The van der Waals surface area contributed by atoms with Crippen LogP contribution in [0.1, 0.15) is 25.7 Å². The first-order chi connectivity index (χ1) is 13.5. The molecule has 2 aromatic rings. The Bertz CT molecular complexity index is 966. The molecule has 3 heterocycles. The summed E-state index contributed by atoms with van der Waals surface area (Å²) in [6.45, 7) is 4.72. The normalized spacial score (nSPS) is 30.0. The summed E-state index contributed by atoms with van der Waals surface area (Å²) < 4.78 is 36.6. The molecule has 6 nitrogen and oxygen atoms in total. The summed E-state index contributed by atoms with van der Waals surface area (Å²) in [7, 11) is -3.46. The number of hydrogen-bond donors (Lipinski definition) is 0. The van der Waals surface area contributed by atoms with Crippen molar-refractivity contribution in [2.75, 3.05) is 43.9 Å². The lowest BCUT2D eigenvalue weighted by Gasteiger charge is -2.45. The Balaban J connectivity index is 1.40. The van der Waals surface area contributed by atoms with Gasteiger partial charge in [0.05, 0.1) is 43.7 Å². The van der Waals surface area contributed by atoms with Gasteiger partial charge in [-0.05, 0) is 36.5 Å².